The lowest BCUT2D eigenvalue weighted by Crippen LogP contribution is -2.46. The van der Waals surface area contributed by atoms with E-state index in [1.165, 1.54) is 19.3 Å². The topological polar surface area (TPSA) is 91.4 Å². The summed E-state index contributed by atoms with van der Waals surface area (Å²) in [6, 6.07) is 6.48. The first kappa shape index (κ1) is 25.5. The van der Waals surface area contributed by atoms with Crippen LogP contribution >= 0.6 is 11.6 Å². The second kappa shape index (κ2) is 11.9. The average molecular weight is 501 g/mol. The molecule has 2 heterocycles. The molecule has 0 bridgehead atoms. The fraction of sp³-hybridized carbons (Fsp3) is 0.577. The number of amides is 1. The molecule has 1 saturated heterocycles. The molecular weight excluding hydrogens is 464 g/mol. The predicted molar refractivity (Wildman–Crippen MR) is 141 cm³/mol. The highest BCUT2D eigenvalue weighted by Gasteiger charge is 2.23. The van der Waals surface area contributed by atoms with Gasteiger partial charge in [0.15, 0.2) is 5.82 Å². The number of aromatic nitrogens is 2. The van der Waals surface area contributed by atoms with E-state index in [4.69, 9.17) is 16.3 Å². The molecule has 1 aromatic heterocycles. The van der Waals surface area contributed by atoms with E-state index in [0.29, 0.717) is 45.9 Å². The number of halogens is 1. The summed E-state index contributed by atoms with van der Waals surface area (Å²) in [5, 5.41) is 10.4. The van der Waals surface area contributed by atoms with Crippen molar-refractivity contribution in [3.63, 3.8) is 0 Å². The molecule has 1 aliphatic carbocycles. The summed E-state index contributed by atoms with van der Waals surface area (Å²) in [7, 11) is 1.59. The third-order valence-electron chi connectivity index (χ3n) is 7.00. The van der Waals surface area contributed by atoms with Crippen LogP contribution in [-0.4, -0.2) is 59.1 Å². The highest BCUT2D eigenvalue weighted by molar-refractivity contribution is 6.32. The minimum atomic E-state index is -0.0837. The van der Waals surface area contributed by atoms with Crippen molar-refractivity contribution in [2.24, 2.45) is 0 Å². The number of likely N-dealkylation sites (tertiary alicyclic amines) is 1. The van der Waals surface area contributed by atoms with E-state index in [0.717, 1.165) is 38.8 Å². The second-order valence-electron chi connectivity index (χ2n) is 9.79. The van der Waals surface area contributed by atoms with E-state index in [9.17, 15) is 4.79 Å². The van der Waals surface area contributed by atoms with E-state index in [-0.39, 0.29) is 11.9 Å². The smallest absolute Gasteiger partial charge is 0.251 e. The first-order valence-electron chi connectivity index (χ1n) is 12.7. The van der Waals surface area contributed by atoms with Gasteiger partial charge in [0.05, 0.1) is 19.0 Å². The van der Waals surface area contributed by atoms with Gasteiger partial charge >= 0.3 is 0 Å². The quantitative estimate of drug-likeness (QED) is 0.457. The number of ether oxygens (including phenoxy) is 1. The third-order valence-corrected chi connectivity index (χ3v) is 7.27. The van der Waals surface area contributed by atoms with Gasteiger partial charge in [-0.3, -0.25) is 4.79 Å². The third kappa shape index (κ3) is 6.76. The number of rotatable bonds is 8. The molecule has 0 spiro atoms. The van der Waals surface area contributed by atoms with E-state index < -0.39 is 0 Å². The Balaban J connectivity index is 1.40. The first-order valence-corrected chi connectivity index (χ1v) is 13.1. The molecule has 0 radical (unpaired) electrons. The molecular formula is C26H37ClN6O2. The number of hydrogen-bond acceptors (Lipinski definition) is 7. The van der Waals surface area contributed by atoms with E-state index in [1.807, 2.05) is 6.07 Å². The molecule has 2 fully saturated rings. The number of carbonyl (C=O) groups is 1. The second-order valence-corrected chi connectivity index (χ2v) is 10.2. The molecule has 8 nitrogen and oxygen atoms in total. The highest BCUT2D eigenvalue weighted by Crippen LogP contribution is 2.30. The molecule has 35 heavy (non-hydrogen) atoms. The largest absolute Gasteiger partial charge is 0.495 e. The number of hydrogen-bond donors (Lipinski definition) is 3. The van der Waals surface area contributed by atoms with Crippen molar-refractivity contribution < 1.29 is 9.53 Å². The van der Waals surface area contributed by atoms with Crippen LogP contribution in [0.3, 0.4) is 0 Å². The van der Waals surface area contributed by atoms with Crippen LogP contribution in [-0.2, 0) is 0 Å². The van der Waals surface area contributed by atoms with Gasteiger partial charge in [0.1, 0.15) is 10.8 Å². The SMILES string of the molecule is COc1cc(C(=O)NC2CCN(C(C)C)CC2)ccc1Nc1ncc(Cl)c(NC2CCCCC2)n1. The van der Waals surface area contributed by atoms with Gasteiger partial charge < -0.3 is 25.6 Å². The summed E-state index contributed by atoms with van der Waals surface area (Å²) < 4.78 is 5.57. The zero-order chi connectivity index (χ0) is 24.8. The zero-order valence-corrected chi connectivity index (χ0v) is 21.7. The molecule has 0 atom stereocenters. The number of piperidine rings is 1. The molecule has 0 unspecified atom stereocenters. The highest BCUT2D eigenvalue weighted by atomic mass is 35.5. The Hall–Kier alpha value is -2.58. The van der Waals surface area contributed by atoms with Crippen LogP contribution in [0.4, 0.5) is 17.5 Å². The molecule has 190 valence electrons. The Morgan fingerprint density at radius 1 is 1.11 bits per heavy atom. The minimum absolute atomic E-state index is 0.0837. The summed E-state index contributed by atoms with van der Waals surface area (Å²) in [6.07, 6.45) is 9.50. The summed E-state index contributed by atoms with van der Waals surface area (Å²) >= 11 is 6.35. The molecule has 1 saturated carbocycles. The summed E-state index contributed by atoms with van der Waals surface area (Å²) in [4.78, 5) is 24.2. The van der Waals surface area contributed by atoms with Gasteiger partial charge in [-0.2, -0.15) is 4.98 Å². The molecule has 2 aromatic rings. The number of nitrogens with zero attached hydrogens (tertiary/aromatic N) is 3. The van der Waals surface area contributed by atoms with Gasteiger partial charge in [-0.1, -0.05) is 30.9 Å². The van der Waals surface area contributed by atoms with Crippen molar-refractivity contribution in [2.75, 3.05) is 30.8 Å². The predicted octanol–water partition coefficient (Wildman–Crippen LogP) is 5.23. The van der Waals surface area contributed by atoms with Crippen LogP contribution in [0, 0.1) is 0 Å². The van der Waals surface area contributed by atoms with Gasteiger partial charge in [0.2, 0.25) is 5.95 Å². The summed E-state index contributed by atoms with van der Waals surface area (Å²) in [5.41, 5.74) is 1.25. The maximum atomic E-state index is 12.9. The van der Waals surface area contributed by atoms with Crippen LogP contribution in [0.1, 0.15) is 69.2 Å². The number of benzene rings is 1. The summed E-state index contributed by atoms with van der Waals surface area (Å²) in [5.74, 6) is 1.52. The Bertz CT molecular complexity index is 1000. The van der Waals surface area contributed by atoms with Crippen molar-refractivity contribution in [3.8, 4) is 5.75 Å². The molecule has 3 N–H and O–H groups in total. The average Bonchev–Trinajstić information content (AvgIpc) is 2.87. The minimum Gasteiger partial charge on any atom is -0.495 e. The molecule has 4 rings (SSSR count). The van der Waals surface area contributed by atoms with Crippen molar-refractivity contribution >= 4 is 35.0 Å². The zero-order valence-electron chi connectivity index (χ0n) is 20.9. The van der Waals surface area contributed by atoms with Crippen molar-refractivity contribution in [1.82, 2.24) is 20.2 Å². The monoisotopic (exact) mass is 500 g/mol. The lowest BCUT2D eigenvalue weighted by atomic mass is 9.95. The fourth-order valence-electron chi connectivity index (χ4n) is 4.85. The number of methoxy groups -OCH3 is 1. The van der Waals surface area contributed by atoms with Gasteiger partial charge in [0.25, 0.3) is 5.91 Å². The fourth-order valence-corrected chi connectivity index (χ4v) is 5.00. The van der Waals surface area contributed by atoms with E-state index in [2.05, 4.69) is 44.7 Å². The van der Waals surface area contributed by atoms with Crippen molar-refractivity contribution in [3.05, 3.63) is 35.0 Å². The normalized spacial score (nSPS) is 17.9. The molecule has 1 aromatic carbocycles. The standard InChI is InChI=1S/C26H37ClN6O2/c1-17(2)33-13-11-20(12-14-33)30-25(34)18-9-10-22(23(15-18)35-3)31-26-28-16-21(27)24(32-26)29-19-7-5-4-6-8-19/h9-10,15-17,19-20H,4-8,11-14H2,1-3H3,(H,30,34)(H2,28,29,31,32). The van der Waals surface area contributed by atoms with Crippen LogP contribution in [0.25, 0.3) is 0 Å². The lowest BCUT2D eigenvalue weighted by molar-refractivity contribution is 0.0900. The number of anilines is 3. The molecule has 2 aliphatic rings. The maximum Gasteiger partial charge on any atom is 0.251 e. The maximum absolute atomic E-state index is 12.9. The van der Waals surface area contributed by atoms with Gasteiger partial charge in [-0.15, -0.1) is 0 Å². The Morgan fingerprint density at radius 2 is 1.86 bits per heavy atom. The Morgan fingerprint density at radius 3 is 2.54 bits per heavy atom. The van der Waals surface area contributed by atoms with Gasteiger partial charge in [-0.25, -0.2) is 4.98 Å². The summed E-state index contributed by atoms with van der Waals surface area (Å²) in [6.45, 7) is 6.44. The Labute approximate surface area is 213 Å². The first-order chi connectivity index (χ1) is 16.9. The molecule has 1 aliphatic heterocycles. The van der Waals surface area contributed by atoms with Crippen LogP contribution in [0.15, 0.2) is 24.4 Å². The van der Waals surface area contributed by atoms with Crippen LogP contribution in [0.2, 0.25) is 5.02 Å². The van der Waals surface area contributed by atoms with E-state index >= 15 is 0 Å². The van der Waals surface area contributed by atoms with Crippen molar-refractivity contribution in [1.29, 1.82) is 0 Å². The van der Waals surface area contributed by atoms with Crippen molar-refractivity contribution in [2.45, 2.75) is 76.9 Å². The van der Waals surface area contributed by atoms with Crippen LogP contribution < -0.4 is 20.7 Å². The lowest BCUT2D eigenvalue weighted by Gasteiger charge is -2.34. The van der Waals surface area contributed by atoms with Gasteiger partial charge in [-0.05, 0) is 57.7 Å². The number of nitrogens with one attached hydrogen (secondary N) is 3. The number of carbonyl (C=O) groups excluding carboxylic acids is 1. The molecule has 9 heteroatoms. The molecule has 1 amide bonds. The van der Waals surface area contributed by atoms with Crippen LogP contribution in [0.5, 0.6) is 5.75 Å². The Kier molecular flexibility index (Phi) is 8.68. The van der Waals surface area contributed by atoms with Gasteiger partial charge in [0, 0.05) is 36.8 Å². The van der Waals surface area contributed by atoms with E-state index in [1.54, 1.807) is 25.4 Å².